The summed E-state index contributed by atoms with van der Waals surface area (Å²) in [6.07, 6.45) is 2.41. The van der Waals surface area contributed by atoms with E-state index in [0.717, 1.165) is 5.69 Å². The average molecular weight is 337 g/mol. The van der Waals surface area contributed by atoms with Gasteiger partial charge in [0.05, 0.1) is 12.6 Å². The Hall–Kier alpha value is -1.37. The van der Waals surface area contributed by atoms with Gasteiger partial charge in [0.1, 0.15) is 0 Å². The van der Waals surface area contributed by atoms with Crippen LogP contribution in [-0.4, -0.2) is 47.9 Å². The molecule has 0 fully saturated rings. The Balaban J connectivity index is 0. The Morgan fingerprint density at radius 3 is 2.57 bits per heavy atom. The third-order valence-electron chi connectivity index (χ3n) is 2.68. The molecule has 8 heteroatoms. The third kappa shape index (κ3) is 8.49. The van der Waals surface area contributed by atoms with E-state index >= 15 is 0 Å². The second-order valence-electron chi connectivity index (χ2n) is 4.39. The first-order valence-electron chi connectivity index (χ1n) is 6.18. The zero-order chi connectivity index (χ0) is 14.3. The summed E-state index contributed by atoms with van der Waals surface area (Å²) in [6.45, 7) is 2.10. The molecule has 0 aliphatic rings. The van der Waals surface area contributed by atoms with Crippen molar-refractivity contribution < 1.29 is 9.59 Å². The van der Waals surface area contributed by atoms with Crippen molar-refractivity contribution in [3.8, 4) is 0 Å². The van der Waals surface area contributed by atoms with Crippen molar-refractivity contribution in [1.82, 2.24) is 15.2 Å². The average Bonchev–Trinajstić information content (AvgIpc) is 2.42. The predicted molar refractivity (Wildman–Crippen MR) is 86.7 cm³/mol. The van der Waals surface area contributed by atoms with Crippen molar-refractivity contribution in [3.05, 3.63) is 30.1 Å². The number of carbonyl (C=O) groups is 2. The predicted octanol–water partition coefficient (Wildman–Crippen LogP) is 0.390. The van der Waals surface area contributed by atoms with Crippen molar-refractivity contribution in [2.75, 3.05) is 20.1 Å². The molecule has 1 heterocycles. The molecule has 0 saturated carbocycles. The first-order valence-corrected chi connectivity index (χ1v) is 6.18. The van der Waals surface area contributed by atoms with Crippen molar-refractivity contribution in [2.24, 2.45) is 5.73 Å². The SMILES string of the molecule is C[C@@H](N)C(=O)NCC(=O)N(C)CCc1ccccn1.Cl.Cl. The lowest BCUT2D eigenvalue weighted by atomic mass is 10.2. The zero-order valence-corrected chi connectivity index (χ0v) is 13.7. The van der Waals surface area contributed by atoms with Crippen LogP contribution >= 0.6 is 24.8 Å². The number of nitrogens with one attached hydrogen (secondary N) is 1. The van der Waals surface area contributed by atoms with E-state index in [-0.39, 0.29) is 43.2 Å². The number of halogens is 2. The number of hydrogen-bond donors (Lipinski definition) is 2. The Labute approximate surface area is 137 Å². The van der Waals surface area contributed by atoms with E-state index < -0.39 is 6.04 Å². The number of pyridine rings is 1. The van der Waals surface area contributed by atoms with Crippen molar-refractivity contribution >= 4 is 36.6 Å². The van der Waals surface area contributed by atoms with Gasteiger partial charge in [0.2, 0.25) is 11.8 Å². The number of amides is 2. The largest absolute Gasteiger partial charge is 0.346 e. The molecular weight excluding hydrogens is 315 g/mol. The molecule has 0 radical (unpaired) electrons. The summed E-state index contributed by atoms with van der Waals surface area (Å²) in [6, 6.07) is 5.07. The van der Waals surface area contributed by atoms with Gasteiger partial charge in [0.15, 0.2) is 0 Å². The van der Waals surface area contributed by atoms with E-state index in [1.165, 1.54) is 0 Å². The van der Waals surface area contributed by atoms with E-state index in [2.05, 4.69) is 10.3 Å². The van der Waals surface area contributed by atoms with E-state index in [1.807, 2.05) is 18.2 Å². The third-order valence-corrected chi connectivity index (χ3v) is 2.68. The Morgan fingerprint density at radius 2 is 2.05 bits per heavy atom. The fourth-order valence-electron chi connectivity index (χ4n) is 1.41. The molecule has 1 atom stereocenters. The zero-order valence-electron chi connectivity index (χ0n) is 12.1. The first-order chi connectivity index (χ1) is 9.00. The maximum atomic E-state index is 11.7. The standard InChI is InChI=1S/C13H20N4O2.2ClH/c1-10(14)13(19)16-9-12(18)17(2)8-6-11-5-3-4-7-15-11;;/h3-5,7,10H,6,8-9,14H2,1-2H3,(H,16,19);2*1H/t10-;;/m1../s1. The minimum Gasteiger partial charge on any atom is -0.346 e. The van der Waals surface area contributed by atoms with Crippen LogP contribution in [0.15, 0.2) is 24.4 Å². The molecule has 2 amide bonds. The van der Waals surface area contributed by atoms with Crippen LogP contribution in [0.3, 0.4) is 0 Å². The molecule has 0 aromatic carbocycles. The number of aromatic nitrogens is 1. The van der Waals surface area contributed by atoms with Gasteiger partial charge >= 0.3 is 0 Å². The highest BCUT2D eigenvalue weighted by Gasteiger charge is 2.12. The molecular formula is C13H22Cl2N4O2. The quantitative estimate of drug-likeness (QED) is 0.786. The monoisotopic (exact) mass is 336 g/mol. The number of carbonyl (C=O) groups excluding carboxylic acids is 2. The van der Waals surface area contributed by atoms with E-state index in [4.69, 9.17) is 5.73 Å². The van der Waals surface area contributed by atoms with Crippen LogP contribution < -0.4 is 11.1 Å². The molecule has 3 N–H and O–H groups in total. The van der Waals surface area contributed by atoms with Crippen molar-refractivity contribution in [1.29, 1.82) is 0 Å². The van der Waals surface area contributed by atoms with Gasteiger partial charge in [-0.3, -0.25) is 14.6 Å². The topological polar surface area (TPSA) is 88.3 Å². The van der Waals surface area contributed by atoms with Gasteiger partial charge in [-0.1, -0.05) is 6.07 Å². The van der Waals surface area contributed by atoms with Crippen LogP contribution in [0.25, 0.3) is 0 Å². The highest BCUT2D eigenvalue weighted by atomic mass is 35.5. The normalized spacial score (nSPS) is 10.6. The number of rotatable bonds is 6. The van der Waals surface area contributed by atoms with Crippen LogP contribution in [0.4, 0.5) is 0 Å². The fraction of sp³-hybridized carbons (Fsp3) is 0.462. The number of nitrogens with zero attached hydrogens (tertiary/aromatic N) is 2. The molecule has 120 valence electrons. The van der Waals surface area contributed by atoms with Crippen LogP contribution in [0.2, 0.25) is 0 Å². The summed E-state index contributed by atoms with van der Waals surface area (Å²) in [7, 11) is 1.70. The summed E-state index contributed by atoms with van der Waals surface area (Å²) >= 11 is 0. The molecule has 21 heavy (non-hydrogen) atoms. The van der Waals surface area contributed by atoms with Gasteiger partial charge in [0.25, 0.3) is 0 Å². The number of likely N-dealkylation sites (N-methyl/N-ethyl adjacent to an activating group) is 1. The molecule has 0 saturated heterocycles. The van der Waals surface area contributed by atoms with E-state index in [1.54, 1.807) is 25.1 Å². The Morgan fingerprint density at radius 1 is 1.38 bits per heavy atom. The van der Waals surface area contributed by atoms with Gasteiger partial charge in [-0.15, -0.1) is 24.8 Å². The van der Waals surface area contributed by atoms with Gasteiger partial charge in [-0.25, -0.2) is 0 Å². The minimum atomic E-state index is -0.605. The van der Waals surface area contributed by atoms with Gasteiger partial charge < -0.3 is 16.0 Å². The van der Waals surface area contributed by atoms with Gasteiger partial charge in [-0.2, -0.15) is 0 Å². The molecule has 1 aromatic rings. The lowest BCUT2D eigenvalue weighted by Gasteiger charge is -2.17. The fourth-order valence-corrected chi connectivity index (χ4v) is 1.41. The summed E-state index contributed by atoms with van der Waals surface area (Å²) in [5, 5.41) is 2.49. The van der Waals surface area contributed by atoms with Crippen LogP contribution in [0.1, 0.15) is 12.6 Å². The summed E-state index contributed by atoms with van der Waals surface area (Å²) in [4.78, 5) is 28.7. The smallest absolute Gasteiger partial charge is 0.241 e. The summed E-state index contributed by atoms with van der Waals surface area (Å²) in [5.74, 6) is -0.476. The highest BCUT2D eigenvalue weighted by Crippen LogP contribution is 1.96. The molecule has 0 bridgehead atoms. The Bertz CT molecular complexity index is 429. The van der Waals surface area contributed by atoms with Gasteiger partial charge in [-0.05, 0) is 19.1 Å². The number of nitrogens with two attached hydrogens (primary N) is 1. The lowest BCUT2D eigenvalue weighted by Crippen LogP contribution is -2.44. The summed E-state index contributed by atoms with van der Waals surface area (Å²) < 4.78 is 0. The molecule has 0 aliphatic carbocycles. The molecule has 0 spiro atoms. The van der Waals surface area contributed by atoms with Crippen LogP contribution in [0.5, 0.6) is 0 Å². The first kappa shape index (κ1) is 21.9. The van der Waals surface area contributed by atoms with Crippen LogP contribution in [-0.2, 0) is 16.0 Å². The van der Waals surface area contributed by atoms with Crippen LogP contribution in [0, 0.1) is 0 Å². The molecule has 0 aliphatic heterocycles. The molecule has 0 unspecified atom stereocenters. The second kappa shape index (κ2) is 11.3. The maximum Gasteiger partial charge on any atom is 0.241 e. The lowest BCUT2D eigenvalue weighted by molar-refractivity contribution is -0.132. The van der Waals surface area contributed by atoms with E-state index in [0.29, 0.717) is 13.0 Å². The summed E-state index contributed by atoms with van der Waals surface area (Å²) in [5.41, 5.74) is 6.32. The number of hydrogen-bond acceptors (Lipinski definition) is 4. The molecule has 6 nitrogen and oxygen atoms in total. The maximum absolute atomic E-state index is 11.7. The second-order valence-corrected chi connectivity index (χ2v) is 4.39. The molecule has 1 rings (SSSR count). The highest BCUT2D eigenvalue weighted by molar-refractivity contribution is 5.87. The Kier molecular flexibility index (Phi) is 11.8. The van der Waals surface area contributed by atoms with Gasteiger partial charge in [0, 0.05) is 31.9 Å². The van der Waals surface area contributed by atoms with E-state index in [9.17, 15) is 9.59 Å². The van der Waals surface area contributed by atoms with Crippen molar-refractivity contribution in [3.63, 3.8) is 0 Å². The minimum absolute atomic E-state index is 0. The molecule has 1 aromatic heterocycles. The van der Waals surface area contributed by atoms with Crippen molar-refractivity contribution in [2.45, 2.75) is 19.4 Å².